The summed E-state index contributed by atoms with van der Waals surface area (Å²) >= 11 is 0. The van der Waals surface area contributed by atoms with Crippen LogP contribution in [0.5, 0.6) is 0 Å². The van der Waals surface area contributed by atoms with E-state index in [2.05, 4.69) is 15.4 Å². The molecular weight excluding hydrogens is 432 g/mol. The van der Waals surface area contributed by atoms with Crippen molar-refractivity contribution < 1.29 is 30.8 Å². The lowest BCUT2D eigenvalue weighted by atomic mass is 10.1. The third kappa shape index (κ3) is 4.23. The molecule has 30 heavy (non-hydrogen) atoms. The van der Waals surface area contributed by atoms with E-state index in [4.69, 9.17) is 10.9 Å². The summed E-state index contributed by atoms with van der Waals surface area (Å²) in [5, 5.41) is 11.2. The van der Waals surface area contributed by atoms with Crippen LogP contribution in [-0.2, 0) is 16.2 Å². The van der Waals surface area contributed by atoms with Crippen molar-refractivity contribution >= 4 is 33.5 Å². The summed E-state index contributed by atoms with van der Waals surface area (Å²) in [6.45, 7) is 0. The van der Waals surface area contributed by atoms with E-state index in [0.29, 0.717) is 16.8 Å². The van der Waals surface area contributed by atoms with Crippen LogP contribution < -0.4 is 16.2 Å². The number of hydrogen-bond acceptors (Lipinski definition) is 7. The number of nitrogens with zero attached hydrogens (tertiary/aromatic N) is 3. The number of hydrogen-bond donors (Lipinski definition) is 3. The van der Waals surface area contributed by atoms with Crippen molar-refractivity contribution in [2.75, 3.05) is 11.1 Å². The summed E-state index contributed by atoms with van der Waals surface area (Å²) in [5.74, 6) is -3.77. The standard InChI is InChI=1S/C16H12F4N6O3S/c17-11-3-1-2-10(16(18,19)20)12(11)13(27)26-14(21)24-15(25-26)23-8-4-6-9(7-5-8)30(22,28)29/h1-7H,(H2,22,28,29)(H3,21,23,24,25). The zero-order chi connectivity index (χ0) is 22.3. The van der Waals surface area contributed by atoms with Crippen molar-refractivity contribution in [2.45, 2.75) is 11.1 Å². The molecule has 158 valence electrons. The first-order valence-electron chi connectivity index (χ1n) is 7.91. The Bertz CT molecular complexity index is 1220. The Hall–Kier alpha value is -3.52. The van der Waals surface area contributed by atoms with Gasteiger partial charge in [0, 0.05) is 5.69 Å². The zero-order valence-electron chi connectivity index (χ0n) is 14.7. The van der Waals surface area contributed by atoms with Crippen molar-refractivity contribution in [3.05, 3.63) is 59.4 Å². The Morgan fingerprint density at radius 1 is 1.10 bits per heavy atom. The number of rotatable bonds is 4. The van der Waals surface area contributed by atoms with Crippen molar-refractivity contribution in [1.82, 2.24) is 14.8 Å². The van der Waals surface area contributed by atoms with E-state index in [-0.39, 0.29) is 16.5 Å². The number of benzene rings is 2. The monoisotopic (exact) mass is 444 g/mol. The molecule has 1 heterocycles. The first-order chi connectivity index (χ1) is 13.9. The fraction of sp³-hybridized carbons (Fsp3) is 0.0625. The third-order valence-corrected chi connectivity index (χ3v) is 4.73. The van der Waals surface area contributed by atoms with Gasteiger partial charge in [-0.1, -0.05) is 6.07 Å². The molecule has 1 aromatic heterocycles. The Labute approximate surface area is 166 Å². The van der Waals surface area contributed by atoms with E-state index < -0.39 is 45.0 Å². The Balaban J connectivity index is 1.93. The molecule has 9 nitrogen and oxygen atoms in total. The van der Waals surface area contributed by atoms with Crippen LogP contribution >= 0.6 is 0 Å². The van der Waals surface area contributed by atoms with Gasteiger partial charge in [-0.25, -0.2) is 17.9 Å². The van der Waals surface area contributed by atoms with Gasteiger partial charge in [0.15, 0.2) is 0 Å². The van der Waals surface area contributed by atoms with Gasteiger partial charge in [-0.05, 0) is 36.4 Å². The number of nitrogen functional groups attached to an aromatic ring is 1. The summed E-state index contributed by atoms with van der Waals surface area (Å²) < 4.78 is 76.3. The van der Waals surface area contributed by atoms with Gasteiger partial charge < -0.3 is 11.1 Å². The van der Waals surface area contributed by atoms with Crippen molar-refractivity contribution in [2.24, 2.45) is 5.14 Å². The molecule has 0 aliphatic heterocycles. The Kier molecular flexibility index (Phi) is 5.22. The quantitative estimate of drug-likeness (QED) is 0.522. The minimum Gasteiger partial charge on any atom is -0.368 e. The van der Waals surface area contributed by atoms with E-state index in [1.54, 1.807) is 0 Å². The van der Waals surface area contributed by atoms with Crippen LogP contribution in [0.2, 0.25) is 0 Å². The minimum absolute atomic E-state index is 0.166. The van der Waals surface area contributed by atoms with Crippen LogP contribution in [0.25, 0.3) is 0 Å². The molecule has 0 saturated heterocycles. The predicted octanol–water partition coefficient (Wildman–Crippen LogP) is 2.10. The molecule has 0 spiro atoms. The van der Waals surface area contributed by atoms with Gasteiger partial charge in [0.25, 0.3) is 5.91 Å². The molecule has 0 fully saturated rings. The maximum atomic E-state index is 14.0. The van der Waals surface area contributed by atoms with Crippen LogP contribution in [0.1, 0.15) is 15.9 Å². The average Bonchev–Trinajstić information content (AvgIpc) is 3.00. The van der Waals surface area contributed by atoms with Gasteiger partial charge in [-0.15, -0.1) is 5.10 Å². The molecule has 0 aliphatic rings. The highest BCUT2D eigenvalue weighted by Crippen LogP contribution is 2.33. The number of nitrogens with one attached hydrogen (secondary N) is 1. The number of anilines is 3. The van der Waals surface area contributed by atoms with Crippen molar-refractivity contribution in [1.29, 1.82) is 0 Å². The maximum absolute atomic E-state index is 14.0. The van der Waals surface area contributed by atoms with Gasteiger partial charge in [0.05, 0.1) is 16.0 Å². The fourth-order valence-electron chi connectivity index (χ4n) is 2.47. The molecule has 0 unspecified atom stereocenters. The van der Waals surface area contributed by atoms with Crippen molar-refractivity contribution in [3.8, 4) is 0 Å². The molecule has 0 atom stereocenters. The molecule has 0 aliphatic carbocycles. The highest BCUT2D eigenvalue weighted by atomic mass is 32.2. The van der Waals surface area contributed by atoms with Crippen molar-refractivity contribution in [3.63, 3.8) is 0 Å². The van der Waals surface area contributed by atoms with E-state index in [1.807, 2.05) is 0 Å². The highest BCUT2D eigenvalue weighted by Gasteiger charge is 2.37. The Morgan fingerprint density at radius 3 is 2.30 bits per heavy atom. The molecule has 0 saturated carbocycles. The molecule has 3 rings (SSSR count). The Morgan fingerprint density at radius 2 is 1.73 bits per heavy atom. The number of primary sulfonamides is 1. The molecule has 2 aromatic carbocycles. The number of carbonyl (C=O) groups is 1. The van der Waals surface area contributed by atoms with Gasteiger partial charge in [0.2, 0.25) is 21.9 Å². The van der Waals surface area contributed by atoms with E-state index in [1.165, 1.54) is 24.3 Å². The molecular formula is C16H12F4N6O3S. The van der Waals surface area contributed by atoms with Gasteiger partial charge in [-0.2, -0.15) is 22.8 Å². The largest absolute Gasteiger partial charge is 0.417 e. The third-order valence-electron chi connectivity index (χ3n) is 3.80. The number of alkyl halides is 3. The summed E-state index contributed by atoms with van der Waals surface area (Å²) in [5.41, 5.74) is 3.06. The highest BCUT2D eigenvalue weighted by molar-refractivity contribution is 7.89. The van der Waals surface area contributed by atoms with Crippen LogP contribution in [0, 0.1) is 5.82 Å². The smallest absolute Gasteiger partial charge is 0.368 e. The van der Waals surface area contributed by atoms with Crippen LogP contribution in [-0.4, -0.2) is 29.1 Å². The normalized spacial score (nSPS) is 12.0. The molecule has 5 N–H and O–H groups in total. The summed E-state index contributed by atoms with van der Waals surface area (Å²) in [6, 6.07) is 7.03. The predicted molar refractivity (Wildman–Crippen MR) is 96.7 cm³/mol. The molecule has 0 amide bonds. The summed E-state index contributed by atoms with van der Waals surface area (Å²) in [7, 11) is -3.91. The van der Waals surface area contributed by atoms with E-state index in [9.17, 15) is 30.8 Å². The number of carbonyl (C=O) groups excluding carboxylic acids is 1. The number of aromatic nitrogens is 3. The number of halogens is 4. The number of nitrogens with two attached hydrogens (primary N) is 2. The van der Waals surface area contributed by atoms with E-state index in [0.717, 1.165) is 6.07 Å². The second-order valence-corrected chi connectivity index (χ2v) is 7.43. The molecule has 0 bridgehead atoms. The lowest BCUT2D eigenvalue weighted by Gasteiger charge is -2.12. The van der Waals surface area contributed by atoms with Crippen LogP contribution in [0.15, 0.2) is 47.4 Å². The first-order valence-corrected chi connectivity index (χ1v) is 9.45. The van der Waals surface area contributed by atoms with Gasteiger partial charge in [-0.3, -0.25) is 4.79 Å². The fourth-order valence-corrected chi connectivity index (χ4v) is 2.98. The van der Waals surface area contributed by atoms with E-state index >= 15 is 0 Å². The first kappa shape index (κ1) is 21.2. The van der Waals surface area contributed by atoms with Crippen LogP contribution in [0.4, 0.5) is 35.1 Å². The second kappa shape index (κ2) is 7.38. The lowest BCUT2D eigenvalue weighted by Crippen LogP contribution is -2.22. The molecule has 0 radical (unpaired) electrons. The molecule has 14 heteroatoms. The summed E-state index contributed by atoms with van der Waals surface area (Å²) in [6.07, 6.45) is -4.99. The minimum atomic E-state index is -4.99. The van der Waals surface area contributed by atoms with Crippen LogP contribution in [0.3, 0.4) is 0 Å². The lowest BCUT2D eigenvalue weighted by molar-refractivity contribution is -0.138. The average molecular weight is 444 g/mol. The van der Waals surface area contributed by atoms with Gasteiger partial charge in [0.1, 0.15) is 5.82 Å². The maximum Gasteiger partial charge on any atom is 0.417 e. The number of sulfonamides is 1. The second-order valence-electron chi connectivity index (χ2n) is 5.87. The topological polar surface area (TPSA) is 146 Å². The zero-order valence-corrected chi connectivity index (χ0v) is 15.5. The van der Waals surface area contributed by atoms with Gasteiger partial charge >= 0.3 is 6.18 Å². The summed E-state index contributed by atoms with van der Waals surface area (Å²) in [4.78, 5) is 16.0. The SMILES string of the molecule is Nc1nc(Nc2ccc(S(N)(=O)=O)cc2)nn1C(=O)c1c(F)cccc1C(F)(F)F. The molecule has 3 aromatic rings.